The largest absolute Gasteiger partial charge is 0.497 e. The van der Waals surface area contributed by atoms with Crippen molar-refractivity contribution >= 4 is 5.97 Å². The maximum Gasteiger partial charge on any atom is 0.344 e. The van der Waals surface area contributed by atoms with Crippen LogP contribution in [0.1, 0.15) is 19.8 Å². The molecule has 0 aliphatic rings. The molecule has 0 fully saturated rings. The molecule has 0 radical (unpaired) electrons. The van der Waals surface area contributed by atoms with Gasteiger partial charge in [0.1, 0.15) is 11.5 Å². The smallest absolute Gasteiger partial charge is 0.344 e. The molecular weight excluding hydrogens is 220 g/mol. The predicted molar refractivity (Wildman–Crippen MR) is 64.4 cm³/mol. The SMILES string of the molecule is CCCCOC(=O)COc1ccc(OC)cc1. The third-order valence-electron chi connectivity index (χ3n) is 2.18. The topological polar surface area (TPSA) is 44.8 Å². The minimum atomic E-state index is -0.339. The van der Waals surface area contributed by atoms with Crippen LogP contribution < -0.4 is 9.47 Å². The average Bonchev–Trinajstić information content (AvgIpc) is 2.37. The molecule has 0 amide bonds. The molecule has 0 aromatic heterocycles. The highest BCUT2D eigenvalue weighted by molar-refractivity contribution is 5.71. The molecule has 1 aromatic carbocycles. The normalized spacial score (nSPS) is 9.76. The summed E-state index contributed by atoms with van der Waals surface area (Å²) < 4.78 is 15.2. The van der Waals surface area contributed by atoms with Gasteiger partial charge >= 0.3 is 5.97 Å². The molecule has 0 atom stereocenters. The molecule has 4 heteroatoms. The zero-order chi connectivity index (χ0) is 12.5. The second kappa shape index (κ2) is 7.54. The van der Waals surface area contributed by atoms with E-state index in [4.69, 9.17) is 14.2 Å². The van der Waals surface area contributed by atoms with Crippen molar-refractivity contribution in [2.24, 2.45) is 0 Å². The maximum absolute atomic E-state index is 11.2. The van der Waals surface area contributed by atoms with Gasteiger partial charge in [-0.15, -0.1) is 0 Å². The van der Waals surface area contributed by atoms with Crippen molar-refractivity contribution in [1.82, 2.24) is 0 Å². The Morgan fingerprint density at radius 3 is 2.41 bits per heavy atom. The summed E-state index contributed by atoms with van der Waals surface area (Å²) in [6.45, 7) is 2.44. The van der Waals surface area contributed by atoms with E-state index in [9.17, 15) is 4.79 Å². The predicted octanol–water partition coefficient (Wildman–Crippen LogP) is 2.42. The standard InChI is InChI=1S/C13H18O4/c1-3-4-9-16-13(14)10-17-12-7-5-11(15-2)6-8-12/h5-8H,3-4,9-10H2,1-2H3. The summed E-state index contributed by atoms with van der Waals surface area (Å²) in [5.74, 6) is 1.04. The molecule has 0 spiro atoms. The van der Waals surface area contributed by atoms with E-state index in [1.807, 2.05) is 6.92 Å². The number of rotatable bonds is 7. The first kappa shape index (κ1) is 13.4. The number of esters is 1. The molecule has 17 heavy (non-hydrogen) atoms. The van der Waals surface area contributed by atoms with Gasteiger partial charge in [-0.1, -0.05) is 13.3 Å². The van der Waals surface area contributed by atoms with E-state index in [0.717, 1.165) is 18.6 Å². The van der Waals surface area contributed by atoms with Gasteiger partial charge in [-0.05, 0) is 30.7 Å². The summed E-state index contributed by atoms with van der Waals surface area (Å²) in [5, 5.41) is 0. The van der Waals surface area contributed by atoms with Crippen molar-refractivity contribution in [2.45, 2.75) is 19.8 Å². The monoisotopic (exact) mass is 238 g/mol. The third-order valence-corrected chi connectivity index (χ3v) is 2.18. The van der Waals surface area contributed by atoms with Crippen molar-refractivity contribution < 1.29 is 19.0 Å². The van der Waals surface area contributed by atoms with Crippen LogP contribution in [0, 0.1) is 0 Å². The molecule has 0 aliphatic carbocycles. The van der Waals surface area contributed by atoms with Crippen LogP contribution in [0.15, 0.2) is 24.3 Å². The first-order valence-corrected chi connectivity index (χ1v) is 5.68. The summed E-state index contributed by atoms with van der Waals surface area (Å²) in [4.78, 5) is 11.2. The van der Waals surface area contributed by atoms with Crippen molar-refractivity contribution in [3.05, 3.63) is 24.3 Å². The fourth-order valence-electron chi connectivity index (χ4n) is 1.19. The lowest BCUT2D eigenvalue weighted by Gasteiger charge is -2.07. The van der Waals surface area contributed by atoms with Crippen LogP contribution in [-0.2, 0) is 9.53 Å². The number of ether oxygens (including phenoxy) is 3. The van der Waals surface area contributed by atoms with Crippen LogP contribution in [-0.4, -0.2) is 26.3 Å². The summed E-state index contributed by atoms with van der Waals surface area (Å²) in [6.07, 6.45) is 1.89. The van der Waals surface area contributed by atoms with Crippen LogP contribution in [0.5, 0.6) is 11.5 Å². The van der Waals surface area contributed by atoms with E-state index in [-0.39, 0.29) is 12.6 Å². The Kier molecular flexibility index (Phi) is 5.93. The molecule has 0 N–H and O–H groups in total. The second-order valence-corrected chi connectivity index (χ2v) is 3.54. The molecule has 1 aromatic rings. The Balaban J connectivity index is 2.27. The van der Waals surface area contributed by atoms with Gasteiger partial charge in [0.25, 0.3) is 0 Å². The molecule has 4 nitrogen and oxygen atoms in total. The Morgan fingerprint density at radius 2 is 1.82 bits per heavy atom. The molecule has 0 bridgehead atoms. The van der Waals surface area contributed by atoms with Gasteiger partial charge in [0.05, 0.1) is 13.7 Å². The Labute approximate surface area is 101 Å². The summed E-state index contributed by atoms with van der Waals surface area (Å²) in [7, 11) is 1.60. The van der Waals surface area contributed by atoms with Crippen molar-refractivity contribution in [3.63, 3.8) is 0 Å². The molecule has 0 saturated heterocycles. The minimum absolute atomic E-state index is 0.0595. The Morgan fingerprint density at radius 1 is 1.18 bits per heavy atom. The van der Waals surface area contributed by atoms with Crippen LogP contribution in [0.4, 0.5) is 0 Å². The molecule has 1 rings (SSSR count). The fraction of sp³-hybridized carbons (Fsp3) is 0.462. The van der Waals surface area contributed by atoms with Crippen LogP contribution in [0.3, 0.4) is 0 Å². The highest BCUT2D eigenvalue weighted by atomic mass is 16.6. The summed E-state index contributed by atoms with van der Waals surface area (Å²) in [6, 6.07) is 7.05. The van der Waals surface area contributed by atoms with Crippen molar-refractivity contribution in [2.75, 3.05) is 20.3 Å². The highest BCUT2D eigenvalue weighted by Crippen LogP contribution is 2.16. The minimum Gasteiger partial charge on any atom is -0.497 e. The van der Waals surface area contributed by atoms with Gasteiger partial charge in [0.2, 0.25) is 0 Å². The van der Waals surface area contributed by atoms with Gasteiger partial charge in [-0.3, -0.25) is 0 Å². The molecular formula is C13H18O4. The summed E-state index contributed by atoms with van der Waals surface area (Å²) in [5.41, 5.74) is 0. The number of methoxy groups -OCH3 is 1. The lowest BCUT2D eigenvalue weighted by molar-refractivity contribution is -0.146. The third kappa shape index (κ3) is 5.24. The first-order chi connectivity index (χ1) is 8.26. The van der Waals surface area contributed by atoms with Gasteiger partial charge in [0, 0.05) is 0 Å². The van der Waals surface area contributed by atoms with Crippen molar-refractivity contribution in [3.8, 4) is 11.5 Å². The zero-order valence-corrected chi connectivity index (χ0v) is 10.3. The molecule has 0 aliphatic heterocycles. The molecule has 94 valence electrons. The first-order valence-electron chi connectivity index (χ1n) is 5.68. The number of carbonyl (C=O) groups excluding carboxylic acids is 1. The number of carbonyl (C=O) groups is 1. The zero-order valence-electron chi connectivity index (χ0n) is 10.3. The lowest BCUT2D eigenvalue weighted by atomic mass is 10.3. The second-order valence-electron chi connectivity index (χ2n) is 3.54. The van der Waals surface area contributed by atoms with Crippen LogP contribution >= 0.6 is 0 Å². The fourth-order valence-corrected chi connectivity index (χ4v) is 1.19. The van der Waals surface area contributed by atoms with E-state index >= 15 is 0 Å². The van der Waals surface area contributed by atoms with Gasteiger partial charge < -0.3 is 14.2 Å². The van der Waals surface area contributed by atoms with Gasteiger partial charge in [0.15, 0.2) is 6.61 Å². The van der Waals surface area contributed by atoms with Crippen molar-refractivity contribution in [1.29, 1.82) is 0 Å². The molecule has 0 saturated carbocycles. The van der Waals surface area contributed by atoms with Gasteiger partial charge in [-0.2, -0.15) is 0 Å². The number of hydrogen-bond donors (Lipinski definition) is 0. The van der Waals surface area contributed by atoms with E-state index < -0.39 is 0 Å². The average molecular weight is 238 g/mol. The van der Waals surface area contributed by atoms with E-state index in [1.54, 1.807) is 31.4 Å². The Bertz CT molecular complexity index is 332. The number of benzene rings is 1. The molecule has 0 unspecified atom stereocenters. The van der Waals surface area contributed by atoms with Crippen LogP contribution in [0.2, 0.25) is 0 Å². The molecule has 0 heterocycles. The number of hydrogen-bond acceptors (Lipinski definition) is 4. The highest BCUT2D eigenvalue weighted by Gasteiger charge is 2.03. The number of unbranched alkanes of at least 4 members (excludes halogenated alkanes) is 1. The van der Waals surface area contributed by atoms with E-state index in [1.165, 1.54) is 0 Å². The van der Waals surface area contributed by atoms with E-state index in [0.29, 0.717) is 12.4 Å². The van der Waals surface area contributed by atoms with E-state index in [2.05, 4.69) is 0 Å². The summed E-state index contributed by atoms with van der Waals surface area (Å²) >= 11 is 0. The Hall–Kier alpha value is -1.71. The van der Waals surface area contributed by atoms with Crippen LogP contribution in [0.25, 0.3) is 0 Å². The lowest BCUT2D eigenvalue weighted by Crippen LogP contribution is -2.15. The quantitative estimate of drug-likeness (QED) is 0.540. The van der Waals surface area contributed by atoms with Gasteiger partial charge in [-0.25, -0.2) is 4.79 Å². The maximum atomic E-state index is 11.2.